The second kappa shape index (κ2) is 6.28. The molecule has 1 aromatic carbocycles. The average molecular weight is 272 g/mol. The van der Waals surface area contributed by atoms with Gasteiger partial charge in [0.15, 0.2) is 0 Å². The summed E-state index contributed by atoms with van der Waals surface area (Å²) in [5.74, 6) is 0. The van der Waals surface area contributed by atoms with Crippen LogP contribution < -0.4 is 10.6 Å². The number of carbonyl (C=O) groups is 1. The molecular formula is C13H12N4O3. The van der Waals surface area contributed by atoms with Gasteiger partial charge in [-0.25, -0.2) is 4.79 Å². The van der Waals surface area contributed by atoms with E-state index >= 15 is 0 Å². The van der Waals surface area contributed by atoms with Crippen molar-refractivity contribution in [3.63, 3.8) is 0 Å². The van der Waals surface area contributed by atoms with Gasteiger partial charge in [0.05, 0.1) is 4.92 Å². The Hall–Kier alpha value is -2.96. The number of nitro groups is 1. The summed E-state index contributed by atoms with van der Waals surface area (Å²) < 4.78 is 0. The fourth-order valence-electron chi connectivity index (χ4n) is 1.59. The van der Waals surface area contributed by atoms with E-state index in [9.17, 15) is 14.9 Å². The van der Waals surface area contributed by atoms with E-state index in [1.165, 1.54) is 18.2 Å². The second-order valence-electron chi connectivity index (χ2n) is 3.94. The Morgan fingerprint density at radius 3 is 2.75 bits per heavy atom. The average Bonchev–Trinajstić information content (AvgIpc) is 2.46. The maximum atomic E-state index is 11.7. The first-order valence-electron chi connectivity index (χ1n) is 5.84. The maximum absolute atomic E-state index is 11.7. The van der Waals surface area contributed by atoms with Crippen molar-refractivity contribution in [2.24, 2.45) is 0 Å². The van der Waals surface area contributed by atoms with Gasteiger partial charge in [0.25, 0.3) is 5.69 Å². The van der Waals surface area contributed by atoms with Crippen LogP contribution in [0.25, 0.3) is 0 Å². The quantitative estimate of drug-likeness (QED) is 0.659. The van der Waals surface area contributed by atoms with Crippen molar-refractivity contribution in [3.8, 4) is 0 Å². The molecule has 0 radical (unpaired) electrons. The molecule has 2 N–H and O–H groups in total. The molecule has 2 rings (SSSR count). The van der Waals surface area contributed by atoms with Crippen molar-refractivity contribution in [2.75, 3.05) is 5.32 Å². The standard InChI is InChI=1S/C13H12N4O3/c18-13(15-9-10-4-3-7-14-8-10)16-11-5-1-2-6-12(11)17(19)20/h1-8H,9H2,(H2,15,16,18). The van der Waals surface area contributed by atoms with Crippen LogP contribution in [0.5, 0.6) is 0 Å². The van der Waals surface area contributed by atoms with Crippen LogP contribution in [0.4, 0.5) is 16.2 Å². The van der Waals surface area contributed by atoms with Crippen LogP contribution >= 0.6 is 0 Å². The Balaban J connectivity index is 1.97. The summed E-state index contributed by atoms with van der Waals surface area (Å²) in [4.78, 5) is 25.9. The molecule has 0 aliphatic rings. The summed E-state index contributed by atoms with van der Waals surface area (Å²) in [5, 5.41) is 15.9. The number of amides is 2. The van der Waals surface area contributed by atoms with Crippen LogP contribution in [-0.4, -0.2) is 15.9 Å². The number of urea groups is 1. The normalized spacial score (nSPS) is 9.80. The molecule has 7 nitrogen and oxygen atoms in total. The van der Waals surface area contributed by atoms with Crippen LogP contribution in [0.3, 0.4) is 0 Å². The number of rotatable bonds is 4. The Labute approximate surface area is 114 Å². The SMILES string of the molecule is O=C(NCc1cccnc1)Nc1ccccc1[N+](=O)[O-]. The van der Waals surface area contributed by atoms with Crippen molar-refractivity contribution in [3.05, 3.63) is 64.5 Å². The van der Waals surface area contributed by atoms with Gasteiger partial charge in [0, 0.05) is 25.0 Å². The zero-order chi connectivity index (χ0) is 14.4. The first kappa shape index (κ1) is 13.5. The number of nitrogens with zero attached hydrogens (tertiary/aromatic N) is 2. The molecule has 20 heavy (non-hydrogen) atoms. The summed E-state index contributed by atoms with van der Waals surface area (Å²) >= 11 is 0. The third-order valence-corrected chi connectivity index (χ3v) is 2.52. The molecule has 7 heteroatoms. The van der Waals surface area contributed by atoms with Gasteiger partial charge in [-0.15, -0.1) is 0 Å². The van der Waals surface area contributed by atoms with E-state index in [1.807, 2.05) is 6.07 Å². The summed E-state index contributed by atoms with van der Waals surface area (Å²) in [5.41, 5.74) is 0.843. The fraction of sp³-hybridized carbons (Fsp3) is 0.0769. The number of nitrogens with one attached hydrogen (secondary N) is 2. The number of anilines is 1. The fourth-order valence-corrected chi connectivity index (χ4v) is 1.59. The first-order valence-corrected chi connectivity index (χ1v) is 5.84. The molecule has 102 valence electrons. The summed E-state index contributed by atoms with van der Waals surface area (Å²) in [6.45, 7) is 0.292. The van der Waals surface area contributed by atoms with Crippen LogP contribution in [0.2, 0.25) is 0 Å². The van der Waals surface area contributed by atoms with Gasteiger partial charge in [0.1, 0.15) is 5.69 Å². The molecule has 0 fully saturated rings. The zero-order valence-electron chi connectivity index (χ0n) is 10.4. The number of hydrogen-bond donors (Lipinski definition) is 2. The minimum Gasteiger partial charge on any atom is -0.334 e. The van der Waals surface area contributed by atoms with E-state index in [1.54, 1.807) is 24.5 Å². The molecule has 0 bridgehead atoms. The zero-order valence-corrected chi connectivity index (χ0v) is 10.4. The minimum absolute atomic E-state index is 0.149. The first-order chi connectivity index (χ1) is 9.66. The lowest BCUT2D eigenvalue weighted by Crippen LogP contribution is -2.28. The number of pyridine rings is 1. The van der Waals surface area contributed by atoms with E-state index in [0.717, 1.165) is 5.56 Å². The van der Waals surface area contributed by atoms with Crippen molar-refractivity contribution in [1.82, 2.24) is 10.3 Å². The number of carbonyl (C=O) groups excluding carboxylic acids is 1. The number of nitro benzene ring substituents is 1. The van der Waals surface area contributed by atoms with E-state index < -0.39 is 11.0 Å². The number of para-hydroxylation sites is 2. The summed E-state index contributed by atoms with van der Waals surface area (Å²) in [7, 11) is 0. The summed E-state index contributed by atoms with van der Waals surface area (Å²) in [6.07, 6.45) is 3.27. The molecule has 0 spiro atoms. The van der Waals surface area contributed by atoms with Crippen molar-refractivity contribution < 1.29 is 9.72 Å². The Morgan fingerprint density at radius 1 is 1.25 bits per heavy atom. The highest BCUT2D eigenvalue weighted by Crippen LogP contribution is 2.22. The van der Waals surface area contributed by atoms with Gasteiger partial charge in [-0.05, 0) is 17.7 Å². The maximum Gasteiger partial charge on any atom is 0.319 e. The molecule has 2 aromatic rings. The van der Waals surface area contributed by atoms with Gasteiger partial charge in [0.2, 0.25) is 0 Å². The topological polar surface area (TPSA) is 97.2 Å². The molecule has 0 aliphatic heterocycles. The lowest BCUT2D eigenvalue weighted by Gasteiger charge is -2.07. The summed E-state index contributed by atoms with van der Waals surface area (Å²) in [6, 6.07) is 9.03. The van der Waals surface area contributed by atoms with Gasteiger partial charge >= 0.3 is 6.03 Å². The lowest BCUT2D eigenvalue weighted by molar-refractivity contribution is -0.383. The Morgan fingerprint density at radius 2 is 2.05 bits per heavy atom. The highest BCUT2D eigenvalue weighted by Gasteiger charge is 2.14. The molecular weight excluding hydrogens is 260 g/mol. The van der Waals surface area contributed by atoms with Crippen molar-refractivity contribution in [1.29, 1.82) is 0 Å². The van der Waals surface area contributed by atoms with Crippen molar-refractivity contribution in [2.45, 2.75) is 6.54 Å². The molecule has 0 unspecified atom stereocenters. The second-order valence-corrected chi connectivity index (χ2v) is 3.94. The smallest absolute Gasteiger partial charge is 0.319 e. The molecule has 1 aromatic heterocycles. The van der Waals surface area contributed by atoms with Gasteiger partial charge < -0.3 is 10.6 Å². The predicted molar refractivity (Wildman–Crippen MR) is 73.2 cm³/mol. The highest BCUT2D eigenvalue weighted by atomic mass is 16.6. The third-order valence-electron chi connectivity index (χ3n) is 2.52. The van der Waals surface area contributed by atoms with Gasteiger partial charge in [-0.3, -0.25) is 15.1 Å². The van der Waals surface area contributed by atoms with E-state index in [2.05, 4.69) is 15.6 Å². The third kappa shape index (κ3) is 3.52. The minimum atomic E-state index is -0.545. The van der Waals surface area contributed by atoms with E-state index in [4.69, 9.17) is 0 Å². The molecule has 2 amide bonds. The van der Waals surface area contributed by atoms with Gasteiger partial charge in [-0.2, -0.15) is 0 Å². The molecule has 0 saturated carbocycles. The molecule has 0 atom stereocenters. The number of hydrogen-bond acceptors (Lipinski definition) is 4. The monoisotopic (exact) mass is 272 g/mol. The van der Waals surface area contributed by atoms with Gasteiger partial charge in [-0.1, -0.05) is 18.2 Å². The van der Waals surface area contributed by atoms with Crippen LogP contribution in [0, 0.1) is 10.1 Å². The number of aromatic nitrogens is 1. The van der Waals surface area contributed by atoms with Crippen LogP contribution in [0.1, 0.15) is 5.56 Å². The van der Waals surface area contributed by atoms with Crippen LogP contribution in [-0.2, 0) is 6.54 Å². The van der Waals surface area contributed by atoms with E-state index in [0.29, 0.717) is 6.54 Å². The van der Waals surface area contributed by atoms with Crippen LogP contribution in [0.15, 0.2) is 48.8 Å². The lowest BCUT2D eigenvalue weighted by atomic mass is 10.2. The molecule has 0 saturated heterocycles. The number of benzene rings is 1. The predicted octanol–water partition coefficient (Wildman–Crippen LogP) is 2.31. The molecule has 1 heterocycles. The van der Waals surface area contributed by atoms with Crippen molar-refractivity contribution >= 4 is 17.4 Å². The highest BCUT2D eigenvalue weighted by molar-refractivity contribution is 5.91. The Kier molecular flexibility index (Phi) is 4.23. The largest absolute Gasteiger partial charge is 0.334 e. The Bertz CT molecular complexity index is 616. The molecule has 0 aliphatic carbocycles. The van der Waals surface area contributed by atoms with E-state index in [-0.39, 0.29) is 11.4 Å².